The molecule has 1 saturated carbocycles. The molecule has 8 heteroatoms. The number of nitrogens with two attached hydrogens (primary N) is 1. The number of nitrogens with zero attached hydrogens (tertiary/aromatic N) is 4. The fourth-order valence-corrected chi connectivity index (χ4v) is 3.63. The molecule has 128 valence electrons. The van der Waals surface area contributed by atoms with E-state index in [4.69, 9.17) is 17.3 Å². The van der Waals surface area contributed by atoms with Crippen LogP contribution < -0.4 is 11.1 Å². The number of carbonyl (C=O) groups is 1. The lowest BCUT2D eigenvalue weighted by Gasteiger charge is -2.22. The molecule has 1 fully saturated rings. The molecule has 0 saturated heterocycles. The summed E-state index contributed by atoms with van der Waals surface area (Å²) in [5, 5.41) is 3.66. The maximum Gasteiger partial charge on any atom is 0.251 e. The van der Waals surface area contributed by atoms with Gasteiger partial charge in [-0.25, -0.2) is 15.0 Å². The predicted molar refractivity (Wildman–Crippen MR) is 95.3 cm³/mol. The van der Waals surface area contributed by atoms with Gasteiger partial charge >= 0.3 is 0 Å². The molecule has 0 aliphatic heterocycles. The first-order chi connectivity index (χ1) is 12.1. The number of rotatable bonds is 3. The number of hydrogen-bond donors (Lipinski definition) is 2. The van der Waals surface area contributed by atoms with Crippen LogP contribution in [0.3, 0.4) is 0 Å². The van der Waals surface area contributed by atoms with E-state index in [2.05, 4.69) is 20.3 Å². The first kappa shape index (κ1) is 15.8. The van der Waals surface area contributed by atoms with Gasteiger partial charge in [-0.1, -0.05) is 17.7 Å². The van der Waals surface area contributed by atoms with Crippen molar-refractivity contribution in [1.82, 2.24) is 24.8 Å². The van der Waals surface area contributed by atoms with Crippen molar-refractivity contribution in [2.75, 3.05) is 5.73 Å². The summed E-state index contributed by atoms with van der Waals surface area (Å²) in [5.41, 5.74) is 7.71. The average Bonchev–Trinajstić information content (AvgIpc) is 3.22. The van der Waals surface area contributed by atoms with Gasteiger partial charge in [0.1, 0.15) is 11.8 Å². The SMILES string of the molecule is Nc1ncnc2c1ncn2[C@H]1CCC[C@@H]1NC(=O)c1cccc(Cl)c1. The second-order valence-electron chi connectivity index (χ2n) is 6.17. The van der Waals surface area contributed by atoms with Crippen molar-refractivity contribution in [1.29, 1.82) is 0 Å². The number of hydrogen-bond acceptors (Lipinski definition) is 5. The van der Waals surface area contributed by atoms with Crippen LogP contribution in [0, 0.1) is 0 Å². The summed E-state index contributed by atoms with van der Waals surface area (Å²) in [6, 6.07) is 7.03. The molecule has 2 atom stereocenters. The maximum absolute atomic E-state index is 12.5. The molecule has 1 aromatic carbocycles. The van der Waals surface area contributed by atoms with E-state index in [1.165, 1.54) is 6.33 Å². The van der Waals surface area contributed by atoms with Gasteiger partial charge in [-0.3, -0.25) is 4.79 Å². The molecule has 3 N–H and O–H groups in total. The molecular weight excluding hydrogens is 340 g/mol. The molecule has 0 radical (unpaired) electrons. The number of anilines is 1. The lowest BCUT2D eigenvalue weighted by molar-refractivity contribution is 0.0929. The zero-order valence-electron chi connectivity index (χ0n) is 13.4. The molecule has 7 nitrogen and oxygen atoms in total. The fourth-order valence-electron chi connectivity index (χ4n) is 3.44. The molecule has 25 heavy (non-hydrogen) atoms. The van der Waals surface area contributed by atoms with Gasteiger partial charge in [-0.05, 0) is 37.5 Å². The monoisotopic (exact) mass is 356 g/mol. The van der Waals surface area contributed by atoms with E-state index in [0.29, 0.717) is 27.6 Å². The quantitative estimate of drug-likeness (QED) is 0.751. The second kappa shape index (κ2) is 6.33. The highest BCUT2D eigenvalue weighted by Gasteiger charge is 2.31. The standard InChI is InChI=1S/C17H17ClN6O/c18-11-4-1-3-10(7-11)17(25)23-12-5-2-6-13(12)24-9-22-14-15(19)20-8-21-16(14)24/h1,3-4,7-9,12-13H,2,5-6H2,(H,23,25)(H2,19,20,21)/t12-,13-/m0/s1. The van der Waals surface area contributed by atoms with Crippen LogP contribution in [0.4, 0.5) is 5.82 Å². The Morgan fingerprint density at radius 1 is 1.28 bits per heavy atom. The van der Waals surface area contributed by atoms with Crippen LogP contribution in [0.1, 0.15) is 35.7 Å². The van der Waals surface area contributed by atoms with Gasteiger partial charge in [0.25, 0.3) is 5.91 Å². The lowest BCUT2D eigenvalue weighted by Crippen LogP contribution is -2.38. The Balaban J connectivity index is 1.60. The molecule has 2 heterocycles. The maximum atomic E-state index is 12.5. The van der Waals surface area contributed by atoms with Crippen molar-refractivity contribution in [3.8, 4) is 0 Å². The van der Waals surface area contributed by atoms with E-state index >= 15 is 0 Å². The second-order valence-corrected chi connectivity index (χ2v) is 6.61. The predicted octanol–water partition coefficient (Wildman–Crippen LogP) is 2.59. The molecule has 2 aromatic heterocycles. The van der Waals surface area contributed by atoms with Crippen LogP contribution in [-0.2, 0) is 0 Å². The third kappa shape index (κ3) is 2.91. The Bertz CT molecular complexity index is 940. The van der Waals surface area contributed by atoms with E-state index in [-0.39, 0.29) is 18.0 Å². The fraction of sp³-hybridized carbons (Fsp3) is 0.294. The van der Waals surface area contributed by atoms with Gasteiger partial charge in [0, 0.05) is 16.6 Å². The van der Waals surface area contributed by atoms with Crippen molar-refractivity contribution in [3.63, 3.8) is 0 Å². The van der Waals surface area contributed by atoms with Crippen molar-refractivity contribution in [3.05, 3.63) is 47.5 Å². The summed E-state index contributed by atoms with van der Waals surface area (Å²) in [6.45, 7) is 0. The number of aromatic nitrogens is 4. The summed E-state index contributed by atoms with van der Waals surface area (Å²) >= 11 is 5.98. The minimum atomic E-state index is -0.127. The summed E-state index contributed by atoms with van der Waals surface area (Å²) in [5.74, 6) is 0.235. The number of imidazole rings is 1. The van der Waals surface area contributed by atoms with Crippen molar-refractivity contribution in [2.24, 2.45) is 0 Å². The number of halogens is 1. The molecule has 0 bridgehead atoms. The first-order valence-electron chi connectivity index (χ1n) is 8.13. The Morgan fingerprint density at radius 3 is 3.00 bits per heavy atom. The third-order valence-electron chi connectivity index (χ3n) is 4.63. The van der Waals surface area contributed by atoms with E-state index < -0.39 is 0 Å². The van der Waals surface area contributed by atoms with Gasteiger partial charge in [0.2, 0.25) is 0 Å². The van der Waals surface area contributed by atoms with Crippen LogP contribution in [0.15, 0.2) is 36.9 Å². The highest BCUT2D eigenvalue weighted by molar-refractivity contribution is 6.30. The van der Waals surface area contributed by atoms with Gasteiger partial charge < -0.3 is 15.6 Å². The third-order valence-corrected chi connectivity index (χ3v) is 4.86. The van der Waals surface area contributed by atoms with E-state index in [0.717, 1.165) is 19.3 Å². The van der Waals surface area contributed by atoms with Gasteiger partial charge in [0.05, 0.1) is 12.4 Å². The number of nitrogens with one attached hydrogen (secondary N) is 1. The van der Waals surface area contributed by atoms with Crippen LogP contribution in [0.25, 0.3) is 11.2 Å². The first-order valence-corrected chi connectivity index (χ1v) is 8.51. The molecule has 1 amide bonds. The number of amides is 1. The van der Waals surface area contributed by atoms with Crippen LogP contribution >= 0.6 is 11.6 Å². The average molecular weight is 357 g/mol. The van der Waals surface area contributed by atoms with Crippen LogP contribution in [0.2, 0.25) is 5.02 Å². The highest BCUT2D eigenvalue weighted by Crippen LogP contribution is 2.33. The number of carbonyl (C=O) groups excluding carboxylic acids is 1. The minimum Gasteiger partial charge on any atom is -0.382 e. The Labute approximate surface area is 149 Å². The van der Waals surface area contributed by atoms with E-state index in [1.807, 2.05) is 4.57 Å². The Morgan fingerprint density at radius 2 is 2.16 bits per heavy atom. The summed E-state index contributed by atoms with van der Waals surface area (Å²) in [7, 11) is 0. The van der Waals surface area contributed by atoms with Crippen LogP contribution in [-0.4, -0.2) is 31.5 Å². The molecule has 4 rings (SSSR count). The Kier molecular flexibility index (Phi) is 4.01. The summed E-state index contributed by atoms with van der Waals surface area (Å²) in [6.07, 6.45) is 6.02. The molecule has 1 aliphatic rings. The van der Waals surface area contributed by atoms with Gasteiger partial charge in [-0.2, -0.15) is 0 Å². The lowest BCUT2D eigenvalue weighted by atomic mass is 10.1. The zero-order valence-corrected chi connectivity index (χ0v) is 14.1. The Hall–Kier alpha value is -2.67. The molecule has 0 unspecified atom stereocenters. The van der Waals surface area contributed by atoms with Crippen molar-refractivity contribution < 1.29 is 4.79 Å². The topological polar surface area (TPSA) is 98.7 Å². The zero-order chi connectivity index (χ0) is 17.4. The van der Waals surface area contributed by atoms with Crippen molar-refractivity contribution in [2.45, 2.75) is 31.3 Å². The molecule has 1 aliphatic carbocycles. The smallest absolute Gasteiger partial charge is 0.251 e. The summed E-state index contributed by atoms with van der Waals surface area (Å²) in [4.78, 5) is 25.2. The molecule has 3 aromatic rings. The molecular formula is C17H17ClN6O. The summed E-state index contributed by atoms with van der Waals surface area (Å²) < 4.78 is 1.99. The van der Waals surface area contributed by atoms with Gasteiger partial charge in [-0.15, -0.1) is 0 Å². The largest absolute Gasteiger partial charge is 0.382 e. The van der Waals surface area contributed by atoms with Crippen molar-refractivity contribution >= 4 is 34.5 Å². The normalized spacial score (nSPS) is 20.0. The van der Waals surface area contributed by atoms with E-state index in [9.17, 15) is 4.79 Å². The van der Waals surface area contributed by atoms with Crippen LogP contribution in [0.5, 0.6) is 0 Å². The van der Waals surface area contributed by atoms with Gasteiger partial charge in [0.15, 0.2) is 11.5 Å². The van der Waals surface area contributed by atoms with E-state index in [1.54, 1.807) is 30.6 Å². The number of benzene rings is 1. The highest BCUT2D eigenvalue weighted by atomic mass is 35.5. The number of nitrogen functional groups attached to an aromatic ring is 1. The number of fused-ring (bicyclic) bond motifs is 1. The minimum absolute atomic E-state index is 0.0000661. The molecule has 0 spiro atoms.